The van der Waals surface area contributed by atoms with E-state index in [0.717, 1.165) is 46.5 Å². The second kappa shape index (κ2) is 12.8. The van der Waals surface area contributed by atoms with Crippen LogP contribution in [0.1, 0.15) is 54.1 Å². The maximum Gasteiger partial charge on any atom is 0.416 e. The minimum atomic E-state index is -4.37. The summed E-state index contributed by atoms with van der Waals surface area (Å²) < 4.78 is 50.8. The lowest BCUT2D eigenvalue weighted by atomic mass is 9.86. The van der Waals surface area contributed by atoms with Gasteiger partial charge in [-0.15, -0.1) is 0 Å². The number of carbonyl (C=O) groups is 1. The van der Waals surface area contributed by atoms with Crippen LogP contribution in [0.2, 0.25) is 5.02 Å². The SMILES string of the molecule is CCC(C)Oc1cc2c(cc1OC)CC(=O)N(c1ccc(N(C)Cc3ccc(C(F)(F)F)cc3)cc1)C2c1ccc(Cl)cc1. The third kappa shape index (κ3) is 6.65. The zero-order valence-electron chi connectivity index (χ0n) is 25.0. The second-order valence-corrected chi connectivity index (χ2v) is 11.4. The van der Waals surface area contributed by atoms with Crippen molar-refractivity contribution in [2.45, 2.75) is 51.6 Å². The zero-order valence-corrected chi connectivity index (χ0v) is 25.7. The minimum absolute atomic E-state index is 0.0237. The highest BCUT2D eigenvalue weighted by Crippen LogP contribution is 2.44. The molecule has 4 aromatic carbocycles. The predicted molar refractivity (Wildman–Crippen MR) is 168 cm³/mol. The van der Waals surface area contributed by atoms with E-state index in [1.54, 1.807) is 12.0 Å². The van der Waals surface area contributed by atoms with Crippen LogP contribution < -0.4 is 19.3 Å². The number of ether oxygens (including phenoxy) is 2. The van der Waals surface area contributed by atoms with Crippen LogP contribution >= 0.6 is 11.6 Å². The molecular formula is C35H34ClF3N2O3. The first-order valence-corrected chi connectivity index (χ1v) is 14.8. The molecule has 230 valence electrons. The molecule has 0 radical (unpaired) electrons. The number of rotatable bonds is 9. The van der Waals surface area contributed by atoms with Crippen molar-refractivity contribution < 1.29 is 27.4 Å². The fraction of sp³-hybridized carbons (Fsp3) is 0.286. The Morgan fingerprint density at radius 1 is 0.977 bits per heavy atom. The van der Waals surface area contributed by atoms with E-state index in [9.17, 15) is 18.0 Å². The largest absolute Gasteiger partial charge is 0.493 e. The van der Waals surface area contributed by atoms with Gasteiger partial charge in [0.2, 0.25) is 5.91 Å². The normalized spacial score (nSPS) is 15.5. The van der Waals surface area contributed by atoms with E-state index in [-0.39, 0.29) is 18.4 Å². The van der Waals surface area contributed by atoms with Gasteiger partial charge in [-0.05, 0) is 96.3 Å². The molecule has 9 heteroatoms. The Bertz CT molecular complexity index is 1610. The molecule has 2 unspecified atom stereocenters. The zero-order chi connectivity index (χ0) is 31.6. The average molecular weight is 623 g/mol. The summed E-state index contributed by atoms with van der Waals surface area (Å²) in [6.07, 6.45) is -3.38. The van der Waals surface area contributed by atoms with Gasteiger partial charge < -0.3 is 19.3 Å². The van der Waals surface area contributed by atoms with Crippen molar-refractivity contribution in [1.29, 1.82) is 0 Å². The summed E-state index contributed by atoms with van der Waals surface area (Å²) in [5.41, 5.74) is 4.35. The molecule has 2 atom stereocenters. The van der Waals surface area contributed by atoms with Gasteiger partial charge in [-0.1, -0.05) is 42.8 Å². The Morgan fingerprint density at radius 2 is 1.64 bits per heavy atom. The summed E-state index contributed by atoms with van der Waals surface area (Å²) in [4.78, 5) is 17.6. The number of fused-ring (bicyclic) bond motifs is 1. The third-order valence-electron chi connectivity index (χ3n) is 7.95. The molecule has 1 aliphatic rings. The molecule has 0 saturated carbocycles. The molecular weight excluding hydrogens is 589 g/mol. The molecule has 1 heterocycles. The number of anilines is 2. The lowest BCUT2D eigenvalue weighted by Gasteiger charge is -2.38. The van der Waals surface area contributed by atoms with Gasteiger partial charge in [0, 0.05) is 30.0 Å². The van der Waals surface area contributed by atoms with Crippen LogP contribution in [0.5, 0.6) is 11.5 Å². The summed E-state index contributed by atoms with van der Waals surface area (Å²) in [6.45, 7) is 4.47. The number of alkyl halides is 3. The smallest absolute Gasteiger partial charge is 0.416 e. The van der Waals surface area contributed by atoms with Crippen molar-refractivity contribution in [2.24, 2.45) is 0 Å². The fourth-order valence-corrected chi connectivity index (χ4v) is 5.53. The van der Waals surface area contributed by atoms with Crippen molar-refractivity contribution in [1.82, 2.24) is 0 Å². The van der Waals surface area contributed by atoms with Crippen molar-refractivity contribution in [3.8, 4) is 11.5 Å². The fourth-order valence-electron chi connectivity index (χ4n) is 5.41. The number of methoxy groups -OCH3 is 1. The molecule has 5 nitrogen and oxygen atoms in total. The third-order valence-corrected chi connectivity index (χ3v) is 8.20. The standard InChI is InChI=1S/C35H34ClF3N2O3/c1-5-22(2)44-32-20-30-25(18-31(32)43-4)19-33(42)41(34(30)24-8-12-27(36)13-9-24)29-16-14-28(15-17-29)40(3)21-23-6-10-26(11-7-23)35(37,38)39/h6-18,20,22,34H,5,19,21H2,1-4H3. The number of hydrogen-bond acceptors (Lipinski definition) is 4. The van der Waals surface area contributed by atoms with Gasteiger partial charge >= 0.3 is 6.18 Å². The Hall–Kier alpha value is -4.17. The predicted octanol–water partition coefficient (Wildman–Crippen LogP) is 8.86. The van der Waals surface area contributed by atoms with Crippen LogP contribution in [0, 0.1) is 0 Å². The highest BCUT2D eigenvalue weighted by molar-refractivity contribution is 6.30. The van der Waals surface area contributed by atoms with Crippen LogP contribution in [0.25, 0.3) is 0 Å². The second-order valence-electron chi connectivity index (χ2n) is 11.0. The van der Waals surface area contributed by atoms with Gasteiger partial charge in [-0.2, -0.15) is 13.2 Å². The number of benzene rings is 4. The first-order valence-electron chi connectivity index (χ1n) is 14.4. The first-order chi connectivity index (χ1) is 21.0. The minimum Gasteiger partial charge on any atom is -0.493 e. The highest BCUT2D eigenvalue weighted by Gasteiger charge is 2.36. The van der Waals surface area contributed by atoms with Crippen molar-refractivity contribution in [3.05, 3.63) is 118 Å². The Balaban J connectivity index is 1.48. The number of halogens is 4. The number of carbonyl (C=O) groups excluding carboxylic acids is 1. The molecule has 44 heavy (non-hydrogen) atoms. The van der Waals surface area contributed by atoms with Crippen molar-refractivity contribution >= 4 is 28.9 Å². The number of amides is 1. The van der Waals surface area contributed by atoms with Crippen LogP contribution in [0.15, 0.2) is 84.9 Å². The van der Waals surface area contributed by atoms with Gasteiger partial charge in [0.05, 0.1) is 31.2 Å². The van der Waals surface area contributed by atoms with E-state index >= 15 is 0 Å². The summed E-state index contributed by atoms with van der Waals surface area (Å²) in [7, 11) is 3.46. The summed E-state index contributed by atoms with van der Waals surface area (Å²) in [5, 5.41) is 0.596. The van der Waals surface area contributed by atoms with E-state index in [0.29, 0.717) is 28.8 Å². The Kier molecular flexibility index (Phi) is 9.11. The average Bonchev–Trinajstić information content (AvgIpc) is 3.00. The van der Waals surface area contributed by atoms with Crippen LogP contribution in [0.4, 0.5) is 24.5 Å². The number of nitrogens with zero attached hydrogens (tertiary/aromatic N) is 2. The molecule has 5 rings (SSSR count). The topological polar surface area (TPSA) is 42.0 Å². The van der Waals surface area contributed by atoms with Gasteiger partial charge in [-0.3, -0.25) is 4.79 Å². The van der Waals surface area contributed by atoms with Gasteiger partial charge in [0.15, 0.2) is 11.5 Å². The summed E-state index contributed by atoms with van der Waals surface area (Å²) >= 11 is 6.23. The lowest BCUT2D eigenvalue weighted by molar-refractivity contribution is -0.137. The molecule has 0 bridgehead atoms. The quantitative estimate of drug-likeness (QED) is 0.187. The molecule has 1 amide bonds. The highest BCUT2D eigenvalue weighted by atomic mass is 35.5. The molecule has 0 spiro atoms. The Morgan fingerprint density at radius 3 is 2.23 bits per heavy atom. The van der Waals surface area contributed by atoms with Crippen molar-refractivity contribution in [3.63, 3.8) is 0 Å². The summed E-state index contributed by atoms with van der Waals surface area (Å²) in [5.74, 6) is 1.13. The molecule has 0 aliphatic carbocycles. The van der Waals surface area contributed by atoms with Crippen LogP contribution in [-0.4, -0.2) is 26.2 Å². The van der Waals surface area contributed by atoms with Gasteiger partial charge in [-0.25, -0.2) is 0 Å². The lowest BCUT2D eigenvalue weighted by Crippen LogP contribution is -2.41. The Labute approximate surface area is 260 Å². The van der Waals surface area contributed by atoms with Crippen LogP contribution in [-0.2, 0) is 23.9 Å². The molecule has 0 saturated heterocycles. The monoisotopic (exact) mass is 622 g/mol. The van der Waals surface area contributed by atoms with Crippen LogP contribution in [0.3, 0.4) is 0 Å². The molecule has 0 fully saturated rings. The van der Waals surface area contributed by atoms with Gasteiger partial charge in [0.25, 0.3) is 0 Å². The number of hydrogen-bond donors (Lipinski definition) is 0. The molecule has 1 aliphatic heterocycles. The van der Waals surface area contributed by atoms with E-state index in [2.05, 4.69) is 6.92 Å². The molecule has 0 N–H and O–H groups in total. The van der Waals surface area contributed by atoms with E-state index in [1.165, 1.54) is 12.1 Å². The molecule has 4 aromatic rings. The first kappa shape index (κ1) is 31.3. The van der Waals surface area contributed by atoms with Gasteiger partial charge in [0.1, 0.15) is 0 Å². The molecule has 0 aromatic heterocycles. The van der Waals surface area contributed by atoms with Crippen molar-refractivity contribution in [2.75, 3.05) is 24.0 Å². The summed E-state index contributed by atoms with van der Waals surface area (Å²) in [6, 6.07) is 23.7. The van der Waals surface area contributed by atoms with E-state index < -0.39 is 17.8 Å². The van der Waals surface area contributed by atoms with E-state index in [1.807, 2.05) is 79.5 Å². The maximum atomic E-state index is 13.8. The van der Waals surface area contributed by atoms with E-state index in [4.69, 9.17) is 21.1 Å². The maximum absolute atomic E-state index is 13.8.